The van der Waals surface area contributed by atoms with Crippen molar-refractivity contribution in [1.29, 1.82) is 0 Å². The van der Waals surface area contributed by atoms with Crippen molar-refractivity contribution >= 4 is 5.69 Å². The van der Waals surface area contributed by atoms with Gasteiger partial charge in [-0.05, 0) is 48.6 Å². The first-order valence-electron chi connectivity index (χ1n) is 8.22. The van der Waals surface area contributed by atoms with E-state index < -0.39 is 0 Å². The molecule has 0 amide bonds. The predicted octanol–water partition coefficient (Wildman–Crippen LogP) is 4.10. The van der Waals surface area contributed by atoms with E-state index in [1.54, 1.807) is 0 Å². The van der Waals surface area contributed by atoms with Crippen LogP contribution >= 0.6 is 0 Å². The second-order valence-corrected chi connectivity index (χ2v) is 7.32. The van der Waals surface area contributed by atoms with Gasteiger partial charge in [-0.15, -0.1) is 0 Å². The Balaban J connectivity index is 1.64. The monoisotopic (exact) mass is 272 g/mol. The first-order valence-corrected chi connectivity index (χ1v) is 8.22. The number of hydrogen-bond donors (Lipinski definition) is 2. The molecule has 2 nitrogen and oxygen atoms in total. The number of rotatable bonds is 3. The van der Waals surface area contributed by atoms with Gasteiger partial charge in [0.15, 0.2) is 0 Å². The van der Waals surface area contributed by atoms with E-state index in [1.807, 2.05) is 0 Å². The smallest absolute Gasteiger partial charge is 0.0418 e. The topological polar surface area (TPSA) is 24.1 Å². The van der Waals surface area contributed by atoms with Crippen molar-refractivity contribution in [3.05, 3.63) is 29.3 Å². The summed E-state index contributed by atoms with van der Waals surface area (Å²) in [6, 6.07) is 7.46. The summed E-state index contributed by atoms with van der Waals surface area (Å²) in [7, 11) is 0. The van der Waals surface area contributed by atoms with E-state index in [0.717, 1.165) is 13.1 Å². The third kappa shape index (κ3) is 3.17. The summed E-state index contributed by atoms with van der Waals surface area (Å²) in [6.45, 7) is 6.96. The van der Waals surface area contributed by atoms with Crippen molar-refractivity contribution in [2.45, 2.75) is 65.0 Å². The van der Waals surface area contributed by atoms with Gasteiger partial charge in [-0.2, -0.15) is 0 Å². The quantitative estimate of drug-likeness (QED) is 0.865. The summed E-state index contributed by atoms with van der Waals surface area (Å²) in [5, 5.41) is 7.40. The van der Waals surface area contributed by atoms with Crippen LogP contribution < -0.4 is 10.6 Å². The highest BCUT2D eigenvalue weighted by Gasteiger charge is 2.27. The zero-order valence-electron chi connectivity index (χ0n) is 13.0. The molecule has 0 bridgehead atoms. The first kappa shape index (κ1) is 13.9. The second kappa shape index (κ2) is 5.77. The summed E-state index contributed by atoms with van der Waals surface area (Å²) in [6.07, 6.45) is 7.90. The standard InChI is InChI=1S/C18H28N2/c1-18(2)10-4-9-16(12-18)20-13-15-7-3-6-14-8-5-11-19-17(14)15/h3,6-7,16,19-20H,4-5,8-13H2,1-2H3. The Morgan fingerprint density at radius 1 is 1.30 bits per heavy atom. The van der Waals surface area contributed by atoms with E-state index in [2.05, 4.69) is 42.7 Å². The van der Waals surface area contributed by atoms with E-state index in [4.69, 9.17) is 0 Å². The lowest BCUT2D eigenvalue weighted by Crippen LogP contribution is -2.37. The second-order valence-electron chi connectivity index (χ2n) is 7.32. The van der Waals surface area contributed by atoms with Crippen molar-refractivity contribution in [2.75, 3.05) is 11.9 Å². The molecule has 3 rings (SSSR count). The molecule has 0 spiro atoms. The maximum absolute atomic E-state index is 3.80. The Labute approximate surface area is 123 Å². The van der Waals surface area contributed by atoms with E-state index in [0.29, 0.717) is 11.5 Å². The fourth-order valence-corrected chi connectivity index (χ4v) is 3.85. The highest BCUT2D eigenvalue weighted by molar-refractivity contribution is 5.59. The van der Waals surface area contributed by atoms with Crippen LogP contribution in [0.1, 0.15) is 57.1 Å². The van der Waals surface area contributed by atoms with Crippen LogP contribution in [-0.2, 0) is 13.0 Å². The van der Waals surface area contributed by atoms with Gasteiger partial charge in [-0.1, -0.05) is 38.5 Å². The Morgan fingerprint density at radius 2 is 2.20 bits per heavy atom. The summed E-state index contributed by atoms with van der Waals surface area (Å²) in [5.74, 6) is 0. The predicted molar refractivity (Wildman–Crippen MR) is 86.1 cm³/mol. The molecule has 2 aliphatic rings. The van der Waals surface area contributed by atoms with Crippen LogP contribution in [0.4, 0.5) is 5.69 Å². The van der Waals surface area contributed by atoms with Crippen molar-refractivity contribution in [3.8, 4) is 0 Å². The third-order valence-corrected chi connectivity index (χ3v) is 4.95. The summed E-state index contributed by atoms with van der Waals surface area (Å²) < 4.78 is 0. The number of nitrogens with one attached hydrogen (secondary N) is 2. The van der Waals surface area contributed by atoms with Gasteiger partial charge in [0.1, 0.15) is 0 Å². The fraction of sp³-hybridized carbons (Fsp3) is 0.667. The highest BCUT2D eigenvalue weighted by atomic mass is 14.9. The van der Waals surface area contributed by atoms with Gasteiger partial charge in [-0.3, -0.25) is 0 Å². The van der Waals surface area contributed by atoms with Crippen LogP contribution in [0.5, 0.6) is 0 Å². The lowest BCUT2D eigenvalue weighted by atomic mass is 9.75. The molecule has 1 aromatic carbocycles. The normalized spacial score (nSPS) is 24.8. The molecule has 1 fully saturated rings. The maximum Gasteiger partial charge on any atom is 0.0418 e. The Bertz CT molecular complexity index is 464. The zero-order valence-corrected chi connectivity index (χ0v) is 13.0. The van der Waals surface area contributed by atoms with Crippen LogP contribution in [0.3, 0.4) is 0 Å². The molecule has 1 aromatic rings. The largest absolute Gasteiger partial charge is 0.385 e. The molecule has 2 N–H and O–H groups in total. The Morgan fingerprint density at radius 3 is 3.05 bits per heavy atom. The minimum absolute atomic E-state index is 0.518. The SMILES string of the molecule is CC1(C)CCCC(NCc2cccc3c2NCCC3)C1. The average Bonchev–Trinajstić information content (AvgIpc) is 2.44. The lowest BCUT2D eigenvalue weighted by molar-refractivity contribution is 0.198. The minimum Gasteiger partial charge on any atom is -0.385 e. The Hall–Kier alpha value is -1.02. The molecule has 110 valence electrons. The molecule has 1 aliphatic carbocycles. The van der Waals surface area contributed by atoms with Crippen molar-refractivity contribution in [2.24, 2.45) is 5.41 Å². The van der Waals surface area contributed by atoms with Gasteiger partial charge in [-0.25, -0.2) is 0 Å². The number of anilines is 1. The van der Waals surface area contributed by atoms with Gasteiger partial charge in [0, 0.05) is 24.8 Å². The molecular weight excluding hydrogens is 244 g/mol. The van der Waals surface area contributed by atoms with E-state index in [-0.39, 0.29) is 0 Å². The molecule has 20 heavy (non-hydrogen) atoms. The molecule has 0 radical (unpaired) electrons. The lowest BCUT2D eigenvalue weighted by Gasteiger charge is -2.36. The number of fused-ring (bicyclic) bond motifs is 1. The average molecular weight is 272 g/mol. The highest BCUT2D eigenvalue weighted by Crippen LogP contribution is 2.35. The van der Waals surface area contributed by atoms with Crippen LogP contribution in [0, 0.1) is 5.41 Å². The molecule has 1 heterocycles. The van der Waals surface area contributed by atoms with E-state index >= 15 is 0 Å². The van der Waals surface area contributed by atoms with Gasteiger partial charge in [0.05, 0.1) is 0 Å². The van der Waals surface area contributed by atoms with Gasteiger partial charge in [0.2, 0.25) is 0 Å². The van der Waals surface area contributed by atoms with Gasteiger partial charge >= 0.3 is 0 Å². The molecule has 1 atom stereocenters. The van der Waals surface area contributed by atoms with Gasteiger partial charge in [0.25, 0.3) is 0 Å². The van der Waals surface area contributed by atoms with E-state index in [1.165, 1.54) is 55.3 Å². The first-order chi connectivity index (χ1) is 9.64. The molecule has 1 saturated carbocycles. The van der Waals surface area contributed by atoms with Crippen molar-refractivity contribution in [1.82, 2.24) is 5.32 Å². The summed E-state index contributed by atoms with van der Waals surface area (Å²) in [4.78, 5) is 0. The van der Waals surface area contributed by atoms with Gasteiger partial charge < -0.3 is 10.6 Å². The Kier molecular flexibility index (Phi) is 4.02. The van der Waals surface area contributed by atoms with Crippen molar-refractivity contribution in [3.63, 3.8) is 0 Å². The summed E-state index contributed by atoms with van der Waals surface area (Å²) >= 11 is 0. The molecule has 0 aromatic heterocycles. The number of hydrogen-bond acceptors (Lipinski definition) is 2. The maximum atomic E-state index is 3.80. The van der Waals surface area contributed by atoms with Crippen LogP contribution in [0.2, 0.25) is 0 Å². The molecular formula is C18H28N2. The molecule has 0 saturated heterocycles. The molecule has 2 heteroatoms. The summed E-state index contributed by atoms with van der Waals surface area (Å²) in [5.41, 5.74) is 4.87. The van der Waals surface area contributed by atoms with Crippen molar-refractivity contribution < 1.29 is 0 Å². The zero-order chi connectivity index (χ0) is 14.0. The fourth-order valence-electron chi connectivity index (χ4n) is 3.85. The van der Waals surface area contributed by atoms with Crippen LogP contribution in [0.15, 0.2) is 18.2 Å². The number of benzene rings is 1. The molecule has 1 unspecified atom stereocenters. The number of aryl methyl sites for hydroxylation is 1. The third-order valence-electron chi connectivity index (χ3n) is 4.95. The minimum atomic E-state index is 0.518. The van der Waals surface area contributed by atoms with E-state index in [9.17, 15) is 0 Å². The van der Waals surface area contributed by atoms with Crippen LogP contribution in [0.25, 0.3) is 0 Å². The number of para-hydroxylation sites is 1. The van der Waals surface area contributed by atoms with Crippen LogP contribution in [-0.4, -0.2) is 12.6 Å². The molecule has 1 aliphatic heterocycles.